The van der Waals surface area contributed by atoms with Gasteiger partial charge in [0.1, 0.15) is 5.58 Å². The minimum Gasteiger partial charge on any atom is -0.451 e. The van der Waals surface area contributed by atoms with Crippen molar-refractivity contribution in [1.29, 1.82) is 0 Å². The van der Waals surface area contributed by atoms with Crippen LogP contribution in [0.1, 0.15) is 10.6 Å². The second-order valence-electron chi connectivity index (χ2n) is 6.65. The summed E-state index contributed by atoms with van der Waals surface area (Å²) >= 11 is 0. The molecule has 1 amide bonds. The molecule has 0 saturated carbocycles. The second kappa shape index (κ2) is 8.46. The van der Waals surface area contributed by atoms with Gasteiger partial charge in [0.05, 0.1) is 9.79 Å². The first-order chi connectivity index (χ1) is 15.2. The number of benzene rings is 3. The third-order valence-corrected chi connectivity index (χ3v) is 7.06. The molecule has 32 heavy (non-hydrogen) atoms. The summed E-state index contributed by atoms with van der Waals surface area (Å²) in [6.45, 7) is 0. The molecular weight excluding hydrogens is 454 g/mol. The zero-order valence-electron chi connectivity index (χ0n) is 16.3. The molecule has 0 bridgehead atoms. The summed E-state index contributed by atoms with van der Waals surface area (Å²) < 4.78 is 57.3. The van der Waals surface area contributed by atoms with Crippen LogP contribution in [0, 0.1) is 0 Å². The SMILES string of the molecule is O=C(NNS(=O)(=O)c1ccccc1)c1cc2cc(NS(=O)(=O)c3ccccc3)ccc2o1. The maximum Gasteiger partial charge on any atom is 0.301 e. The Bertz CT molecular complexity index is 1480. The second-order valence-corrected chi connectivity index (χ2v) is 10.0. The Labute approximate surface area is 184 Å². The standard InChI is InChI=1S/C21H17N3O6S2/c25-21(22-24-32(28,29)18-9-5-2-6-10-18)20-14-15-13-16(11-12-19(15)30-20)23-31(26,27)17-7-3-1-4-8-17/h1-14,23-24H,(H,22,25). The third-order valence-electron chi connectivity index (χ3n) is 4.40. The number of anilines is 1. The van der Waals surface area contributed by atoms with E-state index in [1.54, 1.807) is 36.4 Å². The summed E-state index contributed by atoms with van der Waals surface area (Å²) in [4.78, 5) is 14.4. The number of nitrogens with one attached hydrogen (secondary N) is 3. The minimum atomic E-state index is -3.95. The number of hydrazine groups is 1. The molecule has 0 saturated heterocycles. The lowest BCUT2D eigenvalue weighted by atomic mass is 10.2. The number of rotatable bonds is 7. The summed E-state index contributed by atoms with van der Waals surface area (Å²) in [7, 11) is -7.73. The van der Waals surface area contributed by atoms with Crippen molar-refractivity contribution < 1.29 is 26.0 Å². The van der Waals surface area contributed by atoms with Crippen LogP contribution >= 0.6 is 0 Å². The Hall–Kier alpha value is -3.67. The molecule has 0 aliphatic carbocycles. The number of hydrogen-bond donors (Lipinski definition) is 3. The molecule has 3 aromatic carbocycles. The molecule has 4 aromatic rings. The fourth-order valence-electron chi connectivity index (χ4n) is 2.87. The lowest BCUT2D eigenvalue weighted by Gasteiger charge is -2.07. The molecule has 1 heterocycles. The number of fused-ring (bicyclic) bond motifs is 1. The van der Waals surface area contributed by atoms with Gasteiger partial charge < -0.3 is 4.42 Å². The molecule has 4 rings (SSSR count). The summed E-state index contributed by atoms with van der Waals surface area (Å²) in [5.74, 6) is -0.967. The van der Waals surface area contributed by atoms with Crippen molar-refractivity contribution in [3.63, 3.8) is 0 Å². The van der Waals surface area contributed by atoms with Crippen LogP contribution in [0.25, 0.3) is 11.0 Å². The summed E-state index contributed by atoms with van der Waals surface area (Å²) in [5, 5.41) is 0.453. The molecule has 0 aliphatic rings. The van der Waals surface area contributed by atoms with E-state index in [1.165, 1.54) is 48.5 Å². The van der Waals surface area contributed by atoms with Crippen molar-refractivity contribution in [3.8, 4) is 0 Å². The summed E-state index contributed by atoms with van der Waals surface area (Å²) in [6, 6.07) is 21.3. The van der Waals surface area contributed by atoms with E-state index >= 15 is 0 Å². The van der Waals surface area contributed by atoms with Crippen molar-refractivity contribution >= 4 is 42.6 Å². The number of furan rings is 1. The van der Waals surface area contributed by atoms with Gasteiger partial charge in [0.15, 0.2) is 5.76 Å². The van der Waals surface area contributed by atoms with Crippen LogP contribution < -0.4 is 15.0 Å². The van der Waals surface area contributed by atoms with E-state index in [-0.39, 0.29) is 21.2 Å². The lowest BCUT2D eigenvalue weighted by Crippen LogP contribution is -2.41. The van der Waals surface area contributed by atoms with Crippen LogP contribution in [0.4, 0.5) is 5.69 Å². The van der Waals surface area contributed by atoms with Gasteiger partial charge in [-0.1, -0.05) is 36.4 Å². The largest absolute Gasteiger partial charge is 0.451 e. The minimum absolute atomic E-state index is 0.0137. The van der Waals surface area contributed by atoms with E-state index in [2.05, 4.69) is 10.1 Å². The van der Waals surface area contributed by atoms with Crippen LogP contribution in [0.15, 0.2) is 99.1 Å². The first-order valence-corrected chi connectivity index (χ1v) is 12.2. The molecule has 164 valence electrons. The predicted octanol–water partition coefficient (Wildman–Crippen LogP) is 2.86. The maximum atomic E-state index is 12.5. The molecule has 0 fully saturated rings. The predicted molar refractivity (Wildman–Crippen MR) is 118 cm³/mol. The number of carbonyl (C=O) groups excluding carboxylic acids is 1. The zero-order valence-corrected chi connectivity index (χ0v) is 18.0. The Balaban J connectivity index is 1.50. The Kier molecular flexibility index (Phi) is 5.70. The maximum absolute atomic E-state index is 12.5. The van der Waals surface area contributed by atoms with E-state index in [0.29, 0.717) is 11.0 Å². The molecule has 0 unspecified atom stereocenters. The van der Waals surface area contributed by atoms with Gasteiger partial charge in [-0.25, -0.2) is 16.8 Å². The molecule has 0 spiro atoms. The first-order valence-electron chi connectivity index (χ1n) is 9.23. The van der Waals surface area contributed by atoms with Gasteiger partial charge in [-0.15, -0.1) is 4.83 Å². The highest BCUT2D eigenvalue weighted by atomic mass is 32.2. The molecular formula is C21H17N3O6S2. The molecule has 11 heteroatoms. The molecule has 0 atom stereocenters. The Morgan fingerprint density at radius 1 is 0.719 bits per heavy atom. The normalized spacial score (nSPS) is 11.9. The van der Waals surface area contributed by atoms with Crippen molar-refractivity contribution in [2.75, 3.05) is 4.72 Å². The Morgan fingerprint density at radius 3 is 1.94 bits per heavy atom. The topological polar surface area (TPSA) is 135 Å². The average molecular weight is 472 g/mol. The summed E-state index contributed by atoms with van der Waals surface area (Å²) in [5.41, 5.74) is 2.69. The monoisotopic (exact) mass is 471 g/mol. The average Bonchev–Trinajstić information content (AvgIpc) is 3.22. The van der Waals surface area contributed by atoms with Crippen molar-refractivity contribution in [2.24, 2.45) is 0 Å². The Morgan fingerprint density at radius 2 is 1.31 bits per heavy atom. The smallest absolute Gasteiger partial charge is 0.301 e. The van der Waals surface area contributed by atoms with E-state index in [9.17, 15) is 21.6 Å². The van der Waals surface area contributed by atoms with Gasteiger partial charge in [0, 0.05) is 11.1 Å². The van der Waals surface area contributed by atoms with Crippen LogP contribution in [-0.2, 0) is 20.0 Å². The van der Waals surface area contributed by atoms with Crippen molar-refractivity contribution in [1.82, 2.24) is 10.3 Å². The van der Waals surface area contributed by atoms with Crippen LogP contribution in [0.2, 0.25) is 0 Å². The van der Waals surface area contributed by atoms with E-state index in [0.717, 1.165) is 0 Å². The number of carbonyl (C=O) groups is 1. The van der Waals surface area contributed by atoms with Gasteiger partial charge in [-0.3, -0.25) is 14.9 Å². The van der Waals surface area contributed by atoms with Gasteiger partial charge in [0.2, 0.25) is 0 Å². The highest BCUT2D eigenvalue weighted by molar-refractivity contribution is 7.92. The molecule has 3 N–H and O–H groups in total. The van der Waals surface area contributed by atoms with E-state index in [1.807, 2.05) is 4.83 Å². The molecule has 0 aliphatic heterocycles. The lowest BCUT2D eigenvalue weighted by molar-refractivity contribution is 0.0919. The van der Waals surface area contributed by atoms with E-state index in [4.69, 9.17) is 4.42 Å². The van der Waals surface area contributed by atoms with Gasteiger partial charge in [-0.05, 0) is 48.5 Å². The third kappa shape index (κ3) is 4.64. The van der Waals surface area contributed by atoms with Crippen LogP contribution in [-0.4, -0.2) is 22.7 Å². The first kappa shape index (κ1) is 21.6. The van der Waals surface area contributed by atoms with Gasteiger partial charge in [0.25, 0.3) is 20.0 Å². The fraction of sp³-hybridized carbons (Fsp3) is 0. The van der Waals surface area contributed by atoms with E-state index < -0.39 is 26.0 Å². The number of sulfonamides is 2. The van der Waals surface area contributed by atoms with Gasteiger partial charge >= 0.3 is 5.91 Å². The fourth-order valence-corrected chi connectivity index (χ4v) is 4.80. The highest BCUT2D eigenvalue weighted by Gasteiger charge is 2.19. The highest BCUT2D eigenvalue weighted by Crippen LogP contribution is 2.25. The van der Waals surface area contributed by atoms with Crippen molar-refractivity contribution in [3.05, 3.63) is 90.7 Å². The van der Waals surface area contributed by atoms with Crippen molar-refractivity contribution in [2.45, 2.75) is 9.79 Å². The molecule has 0 radical (unpaired) electrons. The number of hydrogen-bond acceptors (Lipinski definition) is 6. The molecule has 1 aromatic heterocycles. The van der Waals surface area contributed by atoms with Crippen LogP contribution in [0.5, 0.6) is 0 Å². The zero-order chi connectivity index (χ0) is 22.8. The van der Waals surface area contributed by atoms with Gasteiger partial charge in [-0.2, -0.15) is 0 Å². The summed E-state index contributed by atoms with van der Waals surface area (Å²) in [6.07, 6.45) is 0. The molecule has 9 nitrogen and oxygen atoms in total. The quantitative estimate of drug-likeness (QED) is 0.355. The van der Waals surface area contributed by atoms with Crippen LogP contribution in [0.3, 0.4) is 0 Å². The number of amides is 1.